The highest BCUT2D eigenvalue weighted by molar-refractivity contribution is 9.10. The van der Waals surface area contributed by atoms with Crippen molar-refractivity contribution in [2.24, 2.45) is 0 Å². The summed E-state index contributed by atoms with van der Waals surface area (Å²) in [6.45, 7) is 4.24. The van der Waals surface area contributed by atoms with Gasteiger partial charge < -0.3 is 19.7 Å². The van der Waals surface area contributed by atoms with Crippen LogP contribution in [0.1, 0.15) is 40.2 Å². The molecular formula is C23H15BrO7S. The molecule has 0 spiro atoms. The molecule has 0 bridgehead atoms. The molecule has 1 aliphatic carbocycles. The van der Waals surface area contributed by atoms with Crippen LogP contribution < -0.4 is 9.47 Å². The number of halogens is 1. The summed E-state index contributed by atoms with van der Waals surface area (Å²) in [4.78, 5) is 39.4. The highest BCUT2D eigenvalue weighted by Crippen LogP contribution is 2.59. The standard InChI is InChI=1S/C23H15BrO7S/c1-8-18(27)17-21(31-14-6-12(26)15(9(2)25)22(29)23(14,17)3)16-19(28)13(30-20(8)16)5-11-4-10(24)7-32-11/h4-7,26-27H,1-3H3/b13-5-/t23-/m0/s1. The Kier molecular flexibility index (Phi) is 4.31. The Bertz CT molecular complexity index is 1390. The molecule has 1 aromatic carbocycles. The number of hydrogen-bond acceptors (Lipinski definition) is 8. The van der Waals surface area contributed by atoms with Gasteiger partial charge in [-0.3, -0.25) is 14.4 Å². The van der Waals surface area contributed by atoms with Gasteiger partial charge in [-0.05, 0) is 42.8 Å². The highest BCUT2D eigenvalue weighted by atomic mass is 79.9. The molecule has 0 saturated heterocycles. The Morgan fingerprint density at radius 1 is 1.22 bits per heavy atom. The van der Waals surface area contributed by atoms with E-state index in [0.29, 0.717) is 0 Å². The molecule has 0 fully saturated rings. The third kappa shape index (κ3) is 2.55. The summed E-state index contributed by atoms with van der Waals surface area (Å²) >= 11 is 4.78. The zero-order valence-electron chi connectivity index (χ0n) is 17.0. The summed E-state index contributed by atoms with van der Waals surface area (Å²) in [5.41, 5.74) is -1.52. The van der Waals surface area contributed by atoms with Crippen LogP contribution in [0.15, 0.2) is 44.8 Å². The van der Waals surface area contributed by atoms with E-state index in [0.717, 1.165) is 9.35 Å². The van der Waals surface area contributed by atoms with Crippen molar-refractivity contribution in [3.8, 4) is 17.2 Å². The molecule has 3 heterocycles. The van der Waals surface area contributed by atoms with Crippen LogP contribution in [0.3, 0.4) is 0 Å². The summed E-state index contributed by atoms with van der Waals surface area (Å²) in [5, 5.41) is 23.1. The second-order valence-corrected chi connectivity index (χ2v) is 9.73. The van der Waals surface area contributed by atoms with Crippen LogP contribution in [0.2, 0.25) is 0 Å². The number of aliphatic hydroxyl groups is 1. The molecule has 3 aliphatic rings. The van der Waals surface area contributed by atoms with E-state index in [1.54, 1.807) is 13.0 Å². The largest absolute Gasteiger partial charge is 0.507 e. The van der Waals surface area contributed by atoms with Crippen molar-refractivity contribution in [3.63, 3.8) is 0 Å². The smallest absolute Gasteiger partial charge is 0.235 e. The first-order valence-corrected chi connectivity index (χ1v) is 11.2. The number of benzene rings is 1. The van der Waals surface area contributed by atoms with Gasteiger partial charge in [0.15, 0.2) is 23.1 Å². The topological polar surface area (TPSA) is 110 Å². The van der Waals surface area contributed by atoms with E-state index in [-0.39, 0.29) is 51.0 Å². The van der Waals surface area contributed by atoms with Crippen molar-refractivity contribution in [1.29, 1.82) is 0 Å². The molecule has 5 rings (SSSR count). The number of aromatic hydroxyl groups is 1. The number of carbonyl (C=O) groups is 3. The number of phenolic OH excluding ortho intramolecular Hbond substituents is 1. The molecule has 2 aliphatic heterocycles. The van der Waals surface area contributed by atoms with Crippen molar-refractivity contribution in [1.82, 2.24) is 0 Å². The second kappa shape index (κ2) is 6.66. The van der Waals surface area contributed by atoms with Gasteiger partial charge in [0.25, 0.3) is 0 Å². The lowest BCUT2D eigenvalue weighted by Crippen LogP contribution is -2.38. The van der Waals surface area contributed by atoms with Gasteiger partial charge >= 0.3 is 0 Å². The fourth-order valence-corrected chi connectivity index (χ4v) is 5.63. The van der Waals surface area contributed by atoms with Crippen LogP contribution in [0.4, 0.5) is 0 Å². The van der Waals surface area contributed by atoms with Gasteiger partial charge in [0.05, 0.1) is 5.56 Å². The van der Waals surface area contributed by atoms with Crippen LogP contribution in [-0.2, 0) is 15.0 Å². The molecule has 2 aromatic rings. The summed E-state index contributed by atoms with van der Waals surface area (Å²) in [7, 11) is 0. The predicted molar refractivity (Wildman–Crippen MR) is 119 cm³/mol. The molecule has 32 heavy (non-hydrogen) atoms. The minimum Gasteiger partial charge on any atom is -0.507 e. The predicted octanol–water partition coefficient (Wildman–Crippen LogP) is 4.66. The third-order valence-electron chi connectivity index (χ3n) is 5.90. The van der Waals surface area contributed by atoms with Crippen LogP contribution in [0, 0.1) is 6.92 Å². The van der Waals surface area contributed by atoms with E-state index in [9.17, 15) is 24.6 Å². The average molecular weight is 515 g/mol. The lowest BCUT2D eigenvalue weighted by molar-refractivity contribution is -0.123. The van der Waals surface area contributed by atoms with Gasteiger partial charge in [-0.25, -0.2) is 0 Å². The lowest BCUT2D eigenvalue weighted by Gasteiger charge is -2.27. The number of ether oxygens (including phenoxy) is 2. The van der Waals surface area contributed by atoms with E-state index in [1.807, 2.05) is 11.4 Å². The molecule has 1 atom stereocenters. The molecule has 9 heteroatoms. The van der Waals surface area contributed by atoms with Crippen LogP contribution in [0.25, 0.3) is 6.08 Å². The monoisotopic (exact) mass is 514 g/mol. The van der Waals surface area contributed by atoms with Gasteiger partial charge in [0.2, 0.25) is 5.78 Å². The molecule has 2 N–H and O–H groups in total. The van der Waals surface area contributed by atoms with Crippen LogP contribution in [0.5, 0.6) is 17.2 Å². The van der Waals surface area contributed by atoms with Crippen molar-refractivity contribution in [3.05, 3.63) is 66.4 Å². The van der Waals surface area contributed by atoms with E-state index in [4.69, 9.17) is 9.47 Å². The zero-order chi connectivity index (χ0) is 23.1. The molecule has 0 unspecified atom stereocenters. The molecule has 162 valence electrons. The first-order valence-electron chi connectivity index (χ1n) is 9.53. The van der Waals surface area contributed by atoms with Gasteiger partial charge in [-0.2, -0.15) is 0 Å². The molecule has 0 amide bonds. The number of rotatable bonds is 2. The SMILES string of the molecule is CC(=O)C1=C(O)C=C2Oc3c4c(c(C)c(O)c3[C@@]2(C)C1=O)O/C(=C\c1cc(Br)cs1)C4=O. The normalized spacial score (nSPS) is 22.4. The Balaban J connectivity index is 1.72. The first-order chi connectivity index (χ1) is 15.1. The number of thiophene rings is 1. The minimum atomic E-state index is -1.57. The number of carbonyl (C=O) groups excluding carboxylic acids is 3. The average Bonchev–Trinajstić information content (AvgIpc) is 3.35. The number of phenols is 1. The highest BCUT2D eigenvalue weighted by Gasteiger charge is 2.56. The number of fused-ring (bicyclic) bond motifs is 5. The lowest BCUT2D eigenvalue weighted by atomic mass is 9.71. The molecule has 0 saturated carbocycles. The number of hydrogen-bond donors (Lipinski definition) is 2. The van der Waals surface area contributed by atoms with Crippen molar-refractivity contribution in [2.75, 3.05) is 0 Å². The maximum Gasteiger partial charge on any atom is 0.235 e. The molecule has 7 nitrogen and oxygen atoms in total. The second-order valence-electron chi connectivity index (χ2n) is 7.87. The number of ketones is 3. The minimum absolute atomic E-state index is 0.0106. The zero-order valence-corrected chi connectivity index (χ0v) is 19.4. The first kappa shape index (κ1) is 20.7. The maximum atomic E-state index is 13.3. The van der Waals surface area contributed by atoms with Crippen molar-refractivity contribution >= 4 is 50.7 Å². The summed E-state index contributed by atoms with van der Waals surface area (Å²) in [5.74, 6) is -2.34. The maximum absolute atomic E-state index is 13.3. The Hall–Kier alpha value is -3.17. The fourth-order valence-electron chi connectivity index (χ4n) is 4.26. The van der Waals surface area contributed by atoms with E-state index in [2.05, 4.69) is 15.9 Å². The third-order valence-corrected chi connectivity index (χ3v) is 7.54. The van der Waals surface area contributed by atoms with Gasteiger partial charge in [-0.15, -0.1) is 11.3 Å². The number of Topliss-reactive ketones (excluding diaryl/α,β-unsaturated/α-hetero) is 3. The molecular weight excluding hydrogens is 500 g/mol. The Morgan fingerprint density at radius 3 is 2.56 bits per heavy atom. The summed E-state index contributed by atoms with van der Waals surface area (Å²) in [6, 6.07) is 1.83. The van der Waals surface area contributed by atoms with Gasteiger partial charge in [0.1, 0.15) is 39.6 Å². The Morgan fingerprint density at radius 2 is 1.94 bits per heavy atom. The summed E-state index contributed by atoms with van der Waals surface area (Å²) < 4.78 is 12.6. The summed E-state index contributed by atoms with van der Waals surface area (Å²) in [6.07, 6.45) is 2.77. The molecule has 1 aromatic heterocycles. The van der Waals surface area contributed by atoms with Crippen molar-refractivity contribution < 1.29 is 34.1 Å². The van der Waals surface area contributed by atoms with Crippen LogP contribution in [-0.4, -0.2) is 27.6 Å². The van der Waals surface area contributed by atoms with E-state index < -0.39 is 28.5 Å². The Labute approximate surface area is 194 Å². The van der Waals surface area contributed by atoms with Crippen LogP contribution >= 0.6 is 27.3 Å². The number of aliphatic hydroxyl groups excluding tert-OH is 1. The molecule has 0 radical (unpaired) electrons. The van der Waals surface area contributed by atoms with Gasteiger partial charge in [0, 0.05) is 32.4 Å². The van der Waals surface area contributed by atoms with Gasteiger partial charge in [-0.1, -0.05) is 0 Å². The van der Waals surface area contributed by atoms with E-state index in [1.165, 1.54) is 31.3 Å². The quantitative estimate of drug-likeness (QED) is 0.442. The van der Waals surface area contributed by atoms with Crippen molar-refractivity contribution in [2.45, 2.75) is 26.2 Å². The fraction of sp³-hybridized carbons (Fsp3) is 0.174. The van der Waals surface area contributed by atoms with E-state index >= 15 is 0 Å². The number of allylic oxidation sites excluding steroid dienone is 4.